The van der Waals surface area contributed by atoms with Crippen LogP contribution in [0.3, 0.4) is 0 Å². The van der Waals surface area contributed by atoms with Crippen LogP contribution in [-0.4, -0.2) is 50.8 Å². The summed E-state index contributed by atoms with van der Waals surface area (Å²) < 4.78 is 0. The van der Waals surface area contributed by atoms with Gasteiger partial charge in [0, 0.05) is 0 Å². The number of hydrogen-bond donors (Lipinski definition) is 1. The van der Waals surface area contributed by atoms with Crippen molar-refractivity contribution in [2.24, 2.45) is 0 Å². The minimum Gasteiger partial charge on any atom is -0.286 e. The minimum atomic E-state index is -0.236. The van der Waals surface area contributed by atoms with Crippen molar-refractivity contribution in [1.29, 1.82) is 0 Å². The summed E-state index contributed by atoms with van der Waals surface area (Å²) in [6, 6.07) is 0. The third kappa shape index (κ3) is 1.68. The van der Waals surface area contributed by atoms with Crippen LogP contribution < -0.4 is 5.32 Å². The lowest BCUT2D eigenvalue weighted by molar-refractivity contribution is 0.0137. The summed E-state index contributed by atoms with van der Waals surface area (Å²) in [6.45, 7) is 6.02. The molecule has 0 spiro atoms. The Morgan fingerprint density at radius 3 is 1.50 bits per heavy atom. The van der Waals surface area contributed by atoms with E-state index in [2.05, 4.69) is 21.7 Å². The molecule has 0 fully saturated rings. The van der Waals surface area contributed by atoms with Gasteiger partial charge in [0.05, 0.1) is 0 Å². The van der Waals surface area contributed by atoms with Crippen molar-refractivity contribution in [3.63, 3.8) is 0 Å². The van der Waals surface area contributed by atoms with Crippen LogP contribution in [0.5, 0.6) is 0 Å². The maximum Gasteiger partial charge on any atom is 0.149 e. The Balaban J connectivity index is 4.90. The summed E-state index contributed by atoms with van der Waals surface area (Å²) in [5.41, 5.74) is 1.08. The van der Waals surface area contributed by atoms with Crippen molar-refractivity contribution in [2.45, 2.75) is 12.7 Å². The molecule has 0 aliphatic heterocycles. The first-order valence-electron chi connectivity index (χ1n) is 4.09. The van der Waals surface area contributed by atoms with Crippen LogP contribution in [0.15, 0.2) is 12.2 Å². The van der Waals surface area contributed by atoms with Gasteiger partial charge in [-0.1, -0.05) is 6.58 Å². The molecular weight excluding hydrogens is 150 g/mol. The molecule has 0 amide bonds. The Hall–Kier alpha value is -0.380. The molecule has 0 aliphatic rings. The highest BCUT2D eigenvalue weighted by Gasteiger charge is 2.33. The maximum atomic E-state index is 4.00. The van der Waals surface area contributed by atoms with Crippen LogP contribution in [0.25, 0.3) is 0 Å². The standard InChI is InChI=1S/C9H21N3/c1-8(2)9(10-3,11(4)5)12(6)7/h10H,1H2,2-7H3. The second kappa shape index (κ2) is 4.03. The van der Waals surface area contributed by atoms with E-state index in [0.717, 1.165) is 5.57 Å². The number of rotatable bonds is 4. The predicted octanol–water partition coefficient (Wildman–Crippen LogP) is 0.559. The van der Waals surface area contributed by atoms with Gasteiger partial charge in [0.2, 0.25) is 0 Å². The van der Waals surface area contributed by atoms with Crippen LogP contribution in [0.4, 0.5) is 0 Å². The summed E-state index contributed by atoms with van der Waals surface area (Å²) in [6.07, 6.45) is 0. The van der Waals surface area contributed by atoms with Crippen molar-refractivity contribution in [2.75, 3.05) is 35.2 Å². The van der Waals surface area contributed by atoms with Crippen molar-refractivity contribution < 1.29 is 0 Å². The average Bonchev–Trinajstić information content (AvgIpc) is 1.86. The molecule has 0 radical (unpaired) electrons. The maximum absolute atomic E-state index is 4.00. The van der Waals surface area contributed by atoms with Crippen LogP contribution in [-0.2, 0) is 0 Å². The van der Waals surface area contributed by atoms with E-state index in [-0.39, 0.29) is 5.79 Å². The van der Waals surface area contributed by atoms with E-state index in [1.54, 1.807) is 0 Å². The molecule has 1 N–H and O–H groups in total. The Morgan fingerprint density at radius 1 is 1.17 bits per heavy atom. The lowest BCUT2D eigenvalue weighted by Crippen LogP contribution is -2.64. The third-order valence-corrected chi connectivity index (χ3v) is 2.24. The van der Waals surface area contributed by atoms with Crippen LogP contribution in [0.1, 0.15) is 6.92 Å². The highest BCUT2D eigenvalue weighted by atomic mass is 15.5. The molecule has 72 valence electrons. The van der Waals surface area contributed by atoms with Gasteiger partial charge in [0.25, 0.3) is 0 Å². The van der Waals surface area contributed by atoms with Crippen LogP contribution in [0, 0.1) is 0 Å². The van der Waals surface area contributed by atoms with Gasteiger partial charge in [-0.2, -0.15) is 0 Å². The van der Waals surface area contributed by atoms with Crippen molar-refractivity contribution >= 4 is 0 Å². The van der Waals surface area contributed by atoms with Gasteiger partial charge in [-0.25, -0.2) is 0 Å². The SMILES string of the molecule is C=C(C)C(NC)(N(C)C)N(C)C. The zero-order valence-corrected chi connectivity index (χ0v) is 9.10. The van der Waals surface area contributed by atoms with E-state index >= 15 is 0 Å². The van der Waals surface area contributed by atoms with Gasteiger partial charge in [-0.15, -0.1) is 0 Å². The van der Waals surface area contributed by atoms with Gasteiger partial charge in [0.15, 0.2) is 0 Å². The molecule has 0 bridgehead atoms. The van der Waals surface area contributed by atoms with Crippen LogP contribution in [0.2, 0.25) is 0 Å². The minimum absolute atomic E-state index is 0.236. The highest BCUT2D eigenvalue weighted by molar-refractivity contribution is 5.10. The molecule has 12 heavy (non-hydrogen) atoms. The van der Waals surface area contributed by atoms with Gasteiger partial charge < -0.3 is 0 Å². The third-order valence-electron chi connectivity index (χ3n) is 2.24. The van der Waals surface area contributed by atoms with Crippen LogP contribution >= 0.6 is 0 Å². The molecule has 0 aromatic carbocycles. The first-order chi connectivity index (χ1) is 5.39. The molecule has 0 heterocycles. The van der Waals surface area contributed by atoms with Gasteiger partial charge in [-0.3, -0.25) is 15.1 Å². The fraction of sp³-hybridized carbons (Fsp3) is 0.778. The fourth-order valence-electron chi connectivity index (χ4n) is 1.82. The lowest BCUT2D eigenvalue weighted by Gasteiger charge is -2.45. The average molecular weight is 171 g/mol. The molecule has 0 aromatic rings. The first kappa shape index (κ1) is 11.6. The predicted molar refractivity (Wildman–Crippen MR) is 54.0 cm³/mol. The Labute approximate surface area is 76.0 Å². The summed E-state index contributed by atoms with van der Waals surface area (Å²) in [5, 5.41) is 3.27. The van der Waals surface area contributed by atoms with E-state index in [9.17, 15) is 0 Å². The summed E-state index contributed by atoms with van der Waals surface area (Å²) in [5.74, 6) is -0.236. The molecular formula is C9H21N3. The highest BCUT2D eigenvalue weighted by Crippen LogP contribution is 2.19. The van der Waals surface area contributed by atoms with Crippen molar-refractivity contribution in [3.05, 3.63) is 12.2 Å². The zero-order valence-electron chi connectivity index (χ0n) is 9.10. The molecule has 0 atom stereocenters. The molecule has 0 saturated carbocycles. The number of hydrogen-bond acceptors (Lipinski definition) is 3. The van der Waals surface area contributed by atoms with E-state index in [1.807, 2.05) is 42.2 Å². The number of nitrogens with zero attached hydrogens (tertiary/aromatic N) is 2. The van der Waals surface area contributed by atoms with E-state index in [4.69, 9.17) is 0 Å². The van der Waals surface area contributed by atoms with Gasteiger partial charge >= 0.3 is 0 Å². The number of nitrogens with one attached hydrogen (secondary N) is 1. The van der Waals surface area contributed by atoms with Crippen molar-refractivity contribution in [3.8, 4) is 0 Å². The monoisotopic (exact) mass is 171 g/mol. The van der Waals surface area contributed by atoms with E-state index in [0.29, 0.717) is 0 Å². The largest absolute Gasteiger partial charge is 0.286 e. The Bertz CT molecular complexity index is 153. The second-order valence-electron chi connectivity index (χ2n) is 3.49. The quantitative estimate of drug-likeness (QED) is 0.492. The summed E-state index contributed by atoms with van der Waals surface area (Å²) in [7, 11) is 10.1. The Morgan fingerprint density at radius 2 is 1.50 bits per heavy atom. The van der Waals surface area contributed by atoms with E-state index < -0.39 is 0 Å². The summed E-state index contributed by atoms with van der Waals surface area (Å²) in [4.78, 5) is 4.21. The molecule has 0 unspecified atom stereocenters. The number of likely N-dealkylation sites (N-methyl/N-ethyl adjacent to an activating group) is 3. The topological polar surface area (TPSA) is 18.5 Å². The normalized spacial score (nSPS) is 12.7. The molecule has 0 saturated heterocycles. The Kier molecular flexibility index (Phi) is 3.90. The van der Waals surface area contributed by atoms with Crippen molar-refractivity contribution in [1.82, 2.24) is 15.1 Å². The van der Waals surface area contributed by atoms with E-state index in [1.165, 1.54) is 0 Å². The smallest absolute Gasteiger partial charge is 0.149 e. The zero-order chi connectivity index (χ0) is 9.94. The molecule has 3 nitrogen and oxygen atoms in total. The molecule has 0 aromatic heterocycles. The van der Waals surface area contributed by atoms with Gasteiger partial charge in [0.1, 0.15) is 5.79 Å². The molecule has 0 aliphatic carbocycles. The second-order valence-corrected chi connectivity index (χ2v) is 3.49. The molecule has 3 heteroatoms. The fourth-order valence-corrected chi connectivity index (χ4v) is 1.82. The summed E-state index contributed by atoms with van der Waals surface area (Å²) >= 11 is 0. The van der Waals surface area contributed by atoms with Gasteiger partial charge in [-0.05, 0) is 47.7 Å². The first-order valence-corrected chi connectivity index (χ1v) is 4.09. The lowest BCUT2D eigenvalue weighted by atomic mass is 10.1. The molecule has 0 rings (SSSR count).